The van der Waals surface area contributed by atoms with Crippen molar-refractivity contribution in [1.29, 1.82) is 0 Å². The van der Waals surface area contributed by atoms with Gasteiger partial charge < -0.3 is 5.32 Å². The molecule has 4 rings (SSSR count). The van der Waals surface area contributed by atoms with E-state index in [2.05, 4.69) is 5.32 Å². The molecule has 2 fully saturated rings. The molecular formula is C22H24Cl2N2O3S. The summed E-state index contributed by atoms with van der Waals surface area (Å²) in [6, 6.07) is 13.8. The molecule has 0 spiro atoms. The highest BCUT2D eigenvalue weighted by molar-refractivity contribution is 7.89. The molecule has 0 unspecified atom stereocenters. The van der Waals surface area contributed by atoms with E-state index in [0.717, 1.165) is 18.4 Å². The second-order valence-electron chi connectivity index (χ2n) is 8.01. The average molecular weight is 467 g/mol. The summed E-state index contributed by atoms with van der Waals surface area (Å²) in [4.78, 5) is 13.2. The smallest absolute Gasteiger partial charge is 0.243 e. The Kier molecular flexibility index (Phi) is 6.39. The summed E-state index contributed by atoms with van der Waals surface area (Å²) in [5.41, 5.74) is 1.07. The molecule has 160 valence electrons. The van der Waals surface area contributed by atoms with Crippen LogP contribution >= 0.6 is 23.2 Å². The molecule has 1 atom stereocenters. The van der Waals surface area contributed by atoms with Gasteiger partial charge in [-0.1, -0.05) is 35.3 Å². The molecule has 0 radical (unpaired) electrons. The Hall–Kier alpha value is -1.60. The van der Waals surface area contributed by atoms with Gasteiger partial charge in [-0.25, -0.2) is 8.42 Å². The van der Waals surface area contributed by atoms with Crippen LogP contribution in [0.2, 0.25) is 10.0 Å². The molecule has 2 aliphatic rings. The molecule has 1 aliphatic carbocycles. The molecule has 1 saturated heterocycles. The van der Waals surface area contributed by atoms with Crippen molar-refractivity contribution in [2.45, 2.75) is 36.6 Å². The number of hydrogen-bond acceptors (Lipinski definition) is 3. The van der Waals surface area contributed by atoms with Gasteiger partial charge in [0.25, 0.3) is 0 Å². The zero-order valence-corrected chi connectivity index (χ0v) is 18.8. The van der Waals surface area contributed by atoms with Gasteiger partial charge >= 0.3 is 0 Å². The number of nitrogens with one attached hydrogen (secondary N) is 1. The fraction of sp³-hybridized carbons (Fsp3) is 0.409. The lowest BCUT2D eigenvalue weighted by molar-refractivity contribution is -0.127. The van der Waals surface area contributed by atoms with E-state index in [-0.39, 0.29) is 22.8 Å². The van der Waals surface area contributed by atoms with E-state index in [9.17, 15) is 13.2 Å². The first kappa shape index (κ1) is 21.6. The Morgan fingerprint density at radius 1 is 0.900 bits per heavy atom. The number of carbonyl (C=O) groups is 1. The highest BCUT2D eigenvalue weighted by Gasteiger charge is 2.36. The van der Waals surface area contributed by atoms with Gasteiger partial charge in [0.1, 0.15) is 0 Å². The fourth-order valence-electron chi connectivity index (χ4n) is 3.96. The van der Waals surface area contributed by atoms with E-state index in [1.165, 1.54) is 16.4 Å². The minimum Gasteiger partial charge on any atom is -0.349 e. The van der Waals surface area contributed by atoms with Crippen LogP contribution in [0.5, 0.6) is 0 Å². The molecule has 2 aromatic rings. The van der Waals surface area contributed by atoms with E-state index in [1.807, 2.05) is 24.3 Å². The molecule has 0 aromatic heterocycles. The maximum atomic E-state index is 12.9. The maximum Gasteiger partial charge on any atom is 0.243 e. The van der Waals surface area contributed by atoms with Gasteiger partial charge in [0.2, 0.25) is 15.9 Å². The zero-order chi connectivity index (χ0) is 21.3. The molecular weight excluding hydrogens is 443 g/mol. The van der Waals surface area contributed by atoms with Crippen LogP contribution in [0.25, 0.3) is 0 Å². The van der Waals surface area contributed by atoms with Crippen molar-refractivity contribution in [3.63, 3.8) is 0 Å². The summed E-state index contributed by atoms with van der Waals surface area (Å²) in [7, 11) is -3.57. The van der Waals surface area contributed by atoms with Crippen molar-refractivity contribution in [2.24, 2.45) is 11.8 Å². The summed E-state index contributed by atoms with van der Waals surface area (Å²) in [5, 5.41) is 4.38. The monoisotopic (exact) mass is 466 g/mol. The van der Waals surface area contributed by atoms with Crippen molar-refractivity contribution in [3.05, 3.63) is 64.1 Å². The van der Waals surface area contributed by atoms with E-state index in [1.54, 1.807) is 12.1 Å². The number of hydrogen-bond donors (Lipinski definition) is 1. The van der Waals surface area contributed by atoms with Crippen molar-refractivity contribution in [1.82, 2.24) is 9.62 Å². The lowest BCUT2D eigenvalue weighted by Gasteiger charge is -2.31. The highest BCUT2D eigenvalue weighted by atomic mass is 35.5. The summed E-state index contributed by atoms with van der Waals surface area (Å²) in [6.07, 6.45) is 3.23. The van der Waals surface area contributed by atoms with Crippen molar-refractivity contribution in [3.8, 4) is 0 Å². The van der Waals surface area contributed by atoms with E-state index >= 15 is 0 Å². The number of rotatable bonds is 6. The number of nitrogens with zero attached hydrogens (tertiary/aromatic N) is 1. The number of benzene rings is 2. The van der Waals surface area contributed by atoms with Gasteiger partial charge in [0.15, 0.2) is 0 Å². The van der Waals surface area contributed by atoms with E-state index in [4.69, 9.17) is 23.2 Å². The van der Waals surface area contributed by atoms with Gasteiger partial charge in [0, 0.05) is 29.1 Å². The van der Waals surface area contributed by atoms with Crippen LogP contribution in [0.3, 0.4) is 0 Å². The van der Waals surface area contributed by atoms with Crippen LogP contribution in [-0.2, 0) is 14.8 Å². The van der Waals surface area contributed by atoms with Crippen LogP contribution in [0, 0.1) is 11.8 Å². The normalized spacial score (nSPS) is 19.4. The first-order valence-electron chi connectivity index (χ1n) is 10.2. The van der Waals surface area contributed by atoms with Crippen molar-refractivity contribution < 1.29 is 13.2 Å². The fourth-order valence-corrected chi connectivity index (χ4v) is 5.68. The summed E-state index contributed by atoms with van der Waals surface area (Å²) in [6.45, 7) is 0.663. The van der Waals surface area contributed by atoms with Crippen LogP contribution in [-0.4, -0.2) is 31.7 Å². The Morgan fingerprint density at radius 3 is 1.97 bits per heavy atom. The Labute approximate surface area is 187 Å². The number of piperidine rings is 1. The number of carbonyl (C=O) groups excluding carboxylic acids is 1. The first-order chi connectivity index (χ1) is 14.3. The minimum absolute atomic E-state index is 0.00499. The SMILES string of the molecule is O=C(N[C@H](c1ccc(Cl)cc1)C1CC1)C1CCN(S(=O)(=O)c2ccc(Cl)cc2)CC1. The molecule has 30 heavy (non-hydrogen) atoms. The van der Waals surface area contributed by atoms with Crippen molar-refractivity contribution >= 4 is 39.1 Å². The Balaban J connectivity index is 1.38. The van der Waals surface area contributed by atoms with Crippen molar-refractivity contribution in [2.75, 3.05) is 13.1 Å². The van der Waals surface area contributed by atoms with Gasteiger partial charge in [-0.15, -0.1) is 0 Å². The van der Waals surface area contributed by atoms with E-state index < -0.39 is 10.0 Å². The van der Waals surface area contributed by atoms with Gasteiger partial charge in [0.05, 0.1) is 10.9 Å². The maximum absolute atomic E-state index is 12.9. The second-order valence-corrected chi connectivity index (χ2v) is 10.8. The van der Waals surface area contributed by atoms with Crippen LogP contribution < -0.4 is 5.32 Å². The van der Waals surface area contributed by atoms with Gasteiger partial charge in [-0.05, 0) is 73.6 Å². The number of sulfonamides is 1. The lowest BCUT2D eigenvalue weighted by atomic mass is 9.95. The lowest BCUT2D eigenvalue weighted by Crippen LogP contribution is -2.43. The Morgan fingerprint density at radius 2 is 1.43 bits per heavy atom. The van der Waals surface area contributed by atoms with Crippen LogP contribution in [0.4, 0.5) is 0 Å². The molecule has 1 aliphatic heterocycles. The molecule has 1 saturated carbocycles. The van der Waals surface area contributed by atoms with Crippen LogP contribution in [0.15, 0.2) is 53.4 Å². The molecule has 1 heterocycles. The quantitative estimate of drug-likeness (QED) is 0.672. The second kappa shape index (κ2) is 8.87. The average Bonchev–Trinajstić information content (AvgIpc) is 3.58. The third-order valence-electron chi connectivity index (χ3n) is 5.90. The first-order valence-corrected chi connectivity index (χ1v) is 12.4. The molecule has 5 nitrogen and oxygen atoms in total. The molecule has 1 amide bonds. The number of amides is 1. The molecule has 8 heteroatoms. The van der Waals surface area contributed by atoms with E-state index in [0.29, 0.717) is 41.9 Å². The molecule has 0 bridgehead atoms. The molecule has 1 N–H and O–H groups in total. The predicted octanol–water partition coefficient (Wildman–Crippen LogP) is 4.66. The number of halogens is 2. The Bertz CT molecular complexity index is 998. The largest absolute Gasteiger partial charge is 0.349 e. The molecule has 2 aromatic carbocycles. The highest BCUT2D eigenvalue weighted by Crippen LogP contribution is 2.41. The summed E-state index contributed by atoms with van der Waals surface area (Å²) < 4.78 is 27.1. The summed E-state index contributed by atoms with van der Waals surface area (Å²) in [5.74, 6) is 0.279. The standard InChI is InChI=1S/C22H24Cl2N2O3S/c23-18-5-3-16(4-6-18)21(15-1-2-15)25-22(27)17-11-13-26(14-12-17)30(28,29)20-9-7-19(24)8-10-20/h3-10,15,17,21H,1-2,11-14H2,(H,25,27)/t21-/m0/s1. The van der Waals surface area contributed by atoms with Gasteiger partial charge in [-0.3, -0.25) is 4.79 Å². The van der Waals surface area contributed by atoms with Gasteiger partial charge in [-0.2, -0.15) is 4.31 Å². The zero-order valence-electron chi connectivity index (χ0n) is 16.4. The third kappa shape index (κ3) is 4.83. The predicted molar refractivity (Wildman–Crippen MR) is 118 cm³/mol. The summed E-state index contributed by atoms with van der Waals surface area (Å²) >= 11 is 11.9. The third-order valence-corrected chi connectivity index (χ3v) is 8.31. The van der Waals surface area contributed by atoms with Crippen LogP contribution in [0.1, 0.15) is 37.3 Å². The topological polar surface area (TPSA) is 66.5 Å². The minimum atomic E-state index is -3.57.